The van der Waals surface area contributed by atoms with Gasteiger partial charge in [-0.15, -0.1) is 0 Å². The van der Waals surface area contributed by atoms with Crippen LogP contribution in [0.15, 0.2) is 35.5 Å². The second-order valence-corrected chi connectivity index (χ2v) is 2.57. The summed E-state index contributed by atoms with van der Waals surface area (Å²) in [7, 11) is 0. The van der Waals surface area contributed by atoms with Crippen LogP contribution in [0.2, 0.25) is 0 Å². The lowest BCUT2D eigenvalue weighted by Crippen LogP contribution is -2.66. The molecule has 1 nitrogen and oxygen atoms in total. The highest BCUT2D eigenvalue weighted by molar-refractivity contribution is 5.78. The van der Waals surface area contributed by atoms with Crippen LogP contribution < -0.4 is 4.99 Å². The van der Waals surface area contributed by atoms with E-state index in [2.05, 4.69) is 35.5 Å². The van der Waals surface area contributed by atoms with Gasteiger partial charge in [-0.3, -0.25) is 0 Å². The van der Waals surface area contributed by atoms with Gasteiger partial charge in [-0.1, -0.05) is 24.3 Å². The summed E-state index contributed by atoms with van der Waals surface area (Å²) in [6, 6.07) is 0. The first-order chi connectivity index (χ1) is 4.97. The van der Waals surface area contributed by atoms with E-state index in [-0.39, 0.29) is 0 Å². The maximum atomic E-state index is 3.21. The SMILES string of the molecule is C1=CCC2=C(C=C1)C[NH+]=C2. The summed E-state index contributed by atoms with van der Waals surface area (Å²) in [6.45, 7) is 1.01. The highest BCUT2D eigenvalue weighted by atomic mass is 14.7. The van der Waals surface area contributed by atoms with Gasteiger partial charge in [0, 0.05) is 11.1 Å². The molecule has 0 aromatic heterocycles. The first-order valence-electron chi connectivity index (χ1n) is 3.58. The lowest BCUT2D eigenvalue weighted by atomic mass is 10.1. The van der Waals surface area contributed by atoms with E-state index in [0.29, 0.717) is 0 Å². The molecule has 0 spiro atoms. The summed E-state index contributed by atoms with van der Waals surface area (Å²) in [5.74, 6) is 0. The summed E-state index contributed by atoms with van der Waals surface area (Å²) in [6.07, 6.45) is 11.7. The van der Waals surface area contributed by atoms with E-state index in [9.17, 15) is 0 Å². The molecule has 0 bridgehead atoms. The van der Waals surface area contributed by atoms with Crippen molar-refractivity contribution in [1.82, 2.24) is 0 Å². The van der Waals surface area contributed by atoms with Crippen LogP contribution in [0, 0.1) is 0 Å². The van der Waals surface area contributed by atoms with E-state index in [0.717, 1.165) is 13.0 Å². The van der Waals surface area contributed by atoms with Gasteiger partial charge >= 0.3 is 0 Å². The van der Waals surface area contributed by atoms with Crippen molar-refractivity contribution in [2.75, 3.05) is 6.54 Å². The van der Waals surface area contributed by atoms with Crippen LogP contribution in [-0.4, -0.2) is 12.8 Å². The summed E-state index contributed by atoms with van der Waals surface area (Å²) in [5, 5.41) is 0. The van der Waals surface area contributed by atoms with Gasteiger partial charge in [-0.2, -0.15) is 0 Å². The third kappa shape index (κ3) is 0.838. The molecule has 2 aliphatic rings. The van der Waals surface area contributed by atoms with Crippen LogP contribution in [0.3, 0.4) is 0 Å². The van der Waals surface area contributed by atoms with Crippen LogP contribution in [-0.2, 0) is 0 Å². The van der Waals surface area contributed by atoms with E-state index in [4.69, 9.17) is 0 Å². The second kappa shape index (κ2) is 2.25. The Labute approximate surface area is 60.5 Å². The lowest BCUT2D eigenvalue weighted by Gasteiger charge is -1.88. The van der Waals surface area contributed by atoms with Crippen LogP contribution in [0.5, 0.6) is 0 Å². The molecule has 1 heteroatoms. The van der Waals surface area contributed by atoms with Crippen molar-refractivity contribution >= 4 is 6.21 Å². The van der Waals surface area contributed by atoms with E-state index in [1.807, 2.05) is 0 Å². The van der Waals surface area contributed by atoms with Gasteiger partial charge in [-0.25, -0.2) is 4.99 Å². The normalized spacial score (nSPS) is 21.6. The molecule has 0 amide bonds. The maximum absolute atomic E-state index is 3.21. The van der Waals surface area contributed by atoms with E-state index >= 15 is 0 Å². The van der Waals surface area contributed by atoms with Crippen molar-refractivity contribution in [3.63, 3.8) is 0 Å². The van der Waals surface area contributed by atoms with Crippen molar-refractivity contribution in [2.45, 2.75) is 6.42 Å². The molecule has 1 aliphatic heterocycles. The number of hydrogen-bond donors (Lipinski definition) is 1. The van der Waals surface area contributed by atoms with Crippen molar-refractivity contribution in [3.8, 4) is 0 Å². The molecule has 0 atom stereocenters. The fraction of sp³-hybridized carbons (Fsp3) is 0.222. The molecule has 1 heterocycles. The van der Waals surface area contributed by atoms with Crippen LogP contribution >= 0.6 is 0 Å². The average molecular weight is 132 g/mol. The summed E-state index contributed by atoms with van der Waals surface area (Å²) in [4.78, 5) is 3.21. The highest BCUT2D eigenvalue weighted by Gasteiger charge is 2.11. The molecule has 1 aliphatic carbocycles. The highest BCUT2D eigenvalue weighted by Crippen LogP contribution is 2.11. The molecule has 0 radical (unpaired) electrons. The zero-order chi connectivity index (χ0) is 6.81. The fourth-order valence-electron chi connectivity index (χ4n) is 1.29. The van der Waals surface area contributed by atoms with E-state index < -0.39 is 0 Å². The molecular formula is C9H10N+. The second-order valence-electron chi connectivity index (χ2n) is 2.57. The van der Waals surface area contributed by atoms with E-state index in [1.54, 1.807) is 0 Å². The average Bonchev–Trinajstić information content (AvgIpc) is 2.28. The number of nitrogens with one attached hydrogen (secondary N) is 1. The summed E-state index contributed by atoms with van der Waals surface area (Å²) < 4.78 is 0. The monoisotopic (exact) mass is 132 g/mol. The van der Waals surface area contributed by atoms with Crippen LogP contribution in [0.1, 0.15) is 6.42 Å². The van der Waals surface area contributed by atoms with Gasteiger partial charge in [0.05, 0.1) is 0 Å². The summed E-state index contributed by atoms with van der Waals surface area (Å²) >= 11 is 0. The van der Waals surface area contributed by atoms with Gasteiger partial charge < -0.3 is 0 Å². The van der Waals surface area contributed by atoms with Gasteiger partial charge in [0.1, 0.15) is 0 Å². The molecule has 0 aromatic carbocycles. The largest absolute Gasteiger partial charge is 0.244 e. The Morgan fingerprint density at radius 2 is 2.20 bits per heavy atom. The quantitative estimate of drug-likeness (QED) is 0.475. The van der Waals surface area contributed by atoms with Gasteiger partial charge in [0.15, 0.2) is 12.8 Å². The Morgan fingerprint density at radius 1 is 1.20 bits per heavy atom. The van der Waals surface area contributed by atoms with Gasteiger partial charge in [-0.05, 0) is 6.42 Å². The topological polar surface area (TPSA) is 14.0 Å². The molecule has 0 aromatic rings. The summed E-state index contributed by atoms with van der Waals surface area (Å²) in [5.41, 5.74) is 2.87. The zero-order valence-corrected chi connectivity index (χ0v) is 5.80. The first-order valence-corrected chi connectivity index (χ1v) is 3.58. The fourth-order valence-corrected chi connectivity index (χ4v) is 1.29. The smallest absolute Gasteiger partial charge is 0.166 e. The molecule has 0 saturated heterocycles. The molecular weight excluding hydrogens is 122 g/mol. The predicted molar refractivity (Wildman–Crippen MR) is 41.8 cm³/mol. The molecule has 10 heavy (non-hydrogen) atoms. The molecule has 1 N–H and O–H groups in total. The van der Waals surface area contributed by atoms with Gasteiger partial charge in [0.2, 0.25) is 0 Å². The minimum Gasteiger partial charge on any atom is -0.244 e. The minimum atomic E-state index is 1.01. The van der Waals surface area contributed by atoms with Crippen LogP contribution in [0.25, 0.3) is 0 Å². The first kappa shape index (κ1) is 5.66. The van der Waals surface area contributed by atoms with Crippen molar-refractivity contribution in [3.05, 3.63) is 35.5 Å². The van der Waals surface area contributed by atoms with Crippen molar-refractivity contribution in [2.24, 2.45) is 0 Å². The zero-order valence-electron chi connectivity index (χ0n) is 5.80. The van der Waals surface area contributed by atoms with Crippen molar-refractivity contribution < 1.29 is 4.99 Å². The van der Waals surface area contributed by atoms with Crippen LogP contribution in [0.4, 0.5) is 0 Å². The Hall–Kier alpha value is -1.11. The third-order valence-corrected chi connectivity index (χ3v) is 1.86. The molecule has 0 saturated carbocycles. The minimum absolute atomic E-state index is 1.01. The number of hydrogen-bond acceptors (Lipinski definition) is 0. The molecule has 50 valence electrons. The molecule has 0 unspecified atom stereocenters. The lowest BCUT2D eigenvalue weighted by molar-refractivity contribution is -0.436. The molecule has 0 fully saturated rings. The Morgan fingerprint density at radius 3 is 3.20 bits per heavy atom. The number of allylic oxidation sites excluding steroid dienone is 4. The maximum Gasteiger partial charge on any atom is 0.166 e. The van der Waals surface area contributed by atoms with Gasteiger partial charge in [0.25, 0.3) is 0 Å². The Balaban J connectivity index is 2.36. The van der Waals surface area contributed by atoms with Crippen molar-refractivity contribution in [1.29, 1.82) is 0 Å². The Kier molecular flexibility index (Phi) is 1.28. The Bertz CT molecular complexity index is 254. The molecule has 2 rings (SSSR count). The van der Waals surface area contributed by atoms with E-state index in [1.165, 1.54) is 11.1 Å². The number of rotatable bonds is 0. The predicted octanol–water partition coefficient (Wildman–Crippen LogP) is -0.0359. The standard InChI is InChI=1S/C9H9N/c1-2-4-8-6-10-7-9(8)5-3-1/h1-4,7H,5-6H2/p+1. The third-order valence-electron chi connectivity index (χ3n) is 1.86.